The van der Waals surface area contributed by atoms with Gasteiger partial charge in [-0.15, -0.1) is 0 Å². The molecule has 0 saturated heterocycles. The molecule has 2 N–H and O–H groups in total. The SMILES string of the molecule is CCOC1CC(NC(=NC)NCc2cccc(C)n2)C1(CC)CC. The summed E-state index contributed by atoms with van der Waals surface area (Å²) in [5.74, 6) is 0.838. The van der Waals surface area contributed by atoms with Crippen molar-refractivity contribution in [3.63, 3.8) is 0 Å². The van der Waals surface area contributed by atoms with Crippen molar-refractivity contribution >= 4 is 5.96 Å². The van der Waals surface area contributed by atoms with Crippen molar-refractivity contribution < 1.29 is 4.74 Å². The van der Waals surface area contributed by atoms with Gasteiger partial charge in [-0.3, -0.25) is 9.98 Å². The van der Waals surface area contributed by atoms with Gasteiger partial charge in [-0.25, -0.2) is 0 Å². The zero-order valence-corrected chi connectivity index (χ0v) is 15.7. The van der Waals surface area contributed by atoms with Gasteiger partial charge in [0.2, 0.25) is 0 Å². The van der Waals surface area contributed by atoms with E-state index in [1.807, 2.05) is 32.2 Å². The summed E-state index contributed by atoms with van der Waals surface area (Å²) >= 11 is 0. The second-order valence-corrected chi connectivity index (χ2v) is 6.51. The average Bonchev–Trinajstić information content (AvgIpc) is 2.58. The Kier molecular flexibility index (Phi) is 6.60. The minimum atomic E-state index is 0.204. The number of rotatable bonds is 7. The number of aromatic nitrogens is 1. The maximum Gasteiger partial charge on any atom is 0.191 e. The summed E-state index contributed by atoms with van der Waals surface area (Å²) in [6.07, 6.45) is 3.62. The van der Waals surface area contributed by atoms with E-state index in [1.165, 1.54) is 0 Å². The summed E-state index contributed by atoms with van der Waals surface area (Å²) in [5, 5.41) is 6.98. The maximum atomic E-state index is 5.95. The summed E-state index contributed by atoms with van der Waals surface area (Å²) in [4.78, 5) is 8.90. The molecule has 1 aliphatic rings. The Labute approximate surface area is 146 Å². The Morgan fingerprint density at radius 2 is 2.08 bits per heavy atom. The molecule has 1 fully saturated rings. The highest BCUT2D eigenvalue weighted by molar-refractivity contribution is 5.80. The van der Waals surface area contributed by atoms with Crippen molar-refractivity contribution in [3.05, 3.63) is 29.6 Å². The Morgan fingerprint density at radius 1 is 1.33 bits per heavy atom. The second-order valence-electron chi connectivity index (χ2n) is 6.51. The Morgan fingerprint density at radius 3 is 2.67 bits per heavy atom. The number of hydrogen-bond donors (Lipinski definition) is 2. The van der Waals surface area contributed by atoms with Crippen molar-refractivity contribution in [2.45, 2.75) is 65.6 Å². The molecule has 1 aromatic rings. The average molecular weight is 332 g/mol. The summed E-state index contributed by atoms with van der Waals surface area (Å²) < 4.78 is 5.95. The molecule has 0 radical (unpaired) electrons. The number of nitrogens with one attached hydrogen (secondary N) is 2. The molecule has 0 amide bonds. The molecule has 0 aromatic carbocycles. The van der Waals surface area contributed by atoms with E-state index in [2.05, 4.69) is 41.4 Å². The molecule has 0 bridgehead atoms. The van der Waals surface area contributed by atoms with Crippen LogP contribution in [0.1, 0.15) is 51.4 Å². The maximum absolute atomic E-state index is 5.95. The molecule has 2 atom stereocenters. The first-order valence-electron chi connectivity index (χ1n) is 9.10. The number of ether oxygens (including phenoxy) is 1. The van der Waals surface area contributed by atoms with E-state index in [0.717, 1.165) is 43.2 Å². The number of hydrogen-bond acceptors (Lipinski definition) is 3. The van der Waals surface area contributed by atoms with Crippen LogP contribution in [0, 0.1) is 12.3 Å². The third kappa shape index (κ3) is 3.89. The lowest BCUT2D eigenvalue weighted by atomic mass is 9.58. The van der Waals surface area contributed by atoms with Crippen LogP contribution in [-0.2, 0) is 11.3 Å². The fourth-order valence-corrected chi connectivity index (χ4v) is 3.82. The monoisotopic (exact) mass is 332 g/mol. The van der Waals surface area contributed by atoms with Gasteiger partial charge >= 0.3 is 0 Å². The van der Waals surface area contributed by atoms with Crippen LogP contribution in [-0.4, -0.2) is 36.7 Å². The summed E-state index contributed by atoms with van der Waals surface area (Å²) in [6.45, 7) is 10.1. The van der Waals surface area contributed by atoms with Crippen LogP contribution in [0.15, 0.2) is 23.2 Å². The van der Waals surface area contributed by atoms with Crippen molar-refractivity contribution in [3.8, 4) is 0 Å². The molecule has 1 aliphatic carbocycles. The van der Waals surface area contributed by atoms with Gasteiger partial charge in [-0.05, 0) is 45.2 Å². The highest BCUT2D eigenvalue weighted by Crippen LogP contribution is 2.48. The highest BCUT2D eigenvalue weighted by Gasteiger charge is 2.53. The molecule has 5 heteroatoms. The summed E-state index contributed by atoms with van der Waals surface area (Å²) in [6, 6.07) is 6.48. The largest absolute Gasteiger partial charge is 0.378 e. The Hall–Kier alpha value is -1.62. The molecule has 2 unspecified atom stereocenters. The first-order valence-corrected chi connectivity index (χ1v) is 9.10. The van der Waals surface area contributed by atoms with Gasteiger partial charge in [-0.2, -0.15) is 0 Å². The number of aryl methyl sites for hydroxylation is 1. The van der Waals surface area contributed by atoms with Gasteiger partial charge in [0.15, 0.2) is 5.96 Å². The zero-order chi connectivity index (χ0) is 17.6. The molecule has 1 heterocycles. The summed E-state index contributed by atoms with van der Waals surface area (Å²) in [5.41, 5.74) is 2.26. The van der Waals surface area contributed by atoms with Gasteiger partial charge in [0.1, 0.15) is 0 Å². The normalized spacial score (nSPS) is 22.8. The molecule has 5 nitrogen and oxygen atoms in total. The molecule has 24 heavy (non-hydrogen) atoms. The molecule has 134 valence electrons. The number of guanidine groups is 1. The van der Waals surface area contributed by atoms with Gasteiger partial charge < -0.3 is 15.4 Å². The van der Waals surface area contributed by atoms with Crippen molar-refractivity contribution in [2.75, 3.05) is 13.7 Å². The Bertz CT molecular complexity index is 554. The van der Waals surface area contributed by atoms with E-state index in [1.54, 1.807) is 0 Å². The first-order chi connectivity index (χ1) is 11.6. The second kappa shape index (κ2) is 8.47. The number of aliphatic imine (C=N–C) groups is 1. The zero-order valence-electron chi connectivity index (χ0n) is 15.7. The minimum absolute atomic E-state index is 0.204. The fourth-order valence-electron chi connectivity index (χ4n) is 3.82. The van der Waals surface area contributed by atoms with Crippen LogP contribution in [0.3, 0.4) is 0 Å². The predicted molar refractivity (Wildman–Crippen MR) is 99.1 cm³/mol. The van der Waals surface area contributed by atoms with Crippen LogP contribution < -0.4 is 10.6 Å². The van der Waals surface area contributed by atoms with Crippen LogP contribution in [0.25, 0.3) is 0 Å². The summed E-state index contributed by atoms with van der Waals surface area (Å²) in [7, 11) is 1.82. The van der Waals surface area contributed by atoms with Gasteiger partial charge in [0.05, 0.1) is 18.3 Å². The molecular formula is C19H32N4O. The molecule has 2 rings (SSSR count). The molecule has 0 aliphatic heterocycles. The third-order valence-electron chi connectivity index (χ3n) is 5.39. The lowest BCUT2D eigenvalue weighted by Crippen LogP contribution is -2.65. The van der Waals surface area contributed by atoms with Crippen LogP contribution in [0.2, 0.25) is 0 Å². The standard InChI is InChI=1S/C19H32N4O/c1-6-19(7-2)16(12-17(19)24-8-3)23-18(20-5)21-13-15-11-9-10-14(4)22-15/h9-11,16-17H,6-8,12-13H2,1-5H3,(H2,20,21,23). The Balaban J connectivity index is 1.95. The predicted octanol–water partition coefficient (Wildman–Crippen LogP) is 3.04. The van der Waals surface area contributed by atoms with Gasteiger partial charge in [0.25, 0.3) is 0 Å². The third-order valence-corrected chi connectivity index (χ3v) is 5.39. The van der Waals surface area contributed by atoms with E-state index < -0.39 is 0 Å². The van der Waals surface area contributed by atoms with Crippen LogP contribution in [0.5, 0.6) is 0 Å². The van der Waals surface area contributed by atoms with Crippen LogP contribution >= 0.6 is 0 Å². The van der Waals surface area contributed by atoms with E-state index in [9.17, 15) is 0 Å². The molecular weight excluding hydrogens is 300 g/mol. The lowest BCUT2D eigenvalue weighted by Gasteiger charge is -2.55. The highest BCUT2D eigenvalue weighted by atomic mass is 16.5. The lowest BCUT2D eigenvalue weighted by molar-refractivity contribution is -0.133. The van der Waals surface area contributed by atoms with E-state index >= 15 is 0 Å². The number of nitrogens with zero attached hydrogens (tertiary/aromatic N) is 2. The topological polar surface area (TPSA) is 58.5 Å². The van der Waals surface area contributed by atoms with Gasteiger partial charge in [0, 0.05) is 30.8 Å². The van der Waals surface area contributed by atoms with E-state index in [4.69, 9.17) is 4.74 Å². The van der Waals surface area contributed by atoms with E-state index in [-0.39, 0.29) is 5.41 Å². The quantitative estimate of drug-likeness (QED) is 0.595. The fraction of sp³-hybridized carbons (Fsp3) is 0.684. The van der Waals surface area contributed by atoms with E-state index in [0.29, 0.717) is 18.7 Å². The molecule has 1 aromatic heterocycles. The first kappa shape index (κ1) is 18.7. The van der Waals surface area contributed by atoms with Crippen LogP contribution in [0.4, 0.5) is 0 Å². The minimum Gasteiger partial charge on any atom is -0.378 e. The van der Waals surface area contributed by atoms with Crippen molar-refractivity contribution in [1.82, 2.24) is 15.6 Å². The van der Waals surface area contributed by atoms with Crippen molar-refractivity contribution in [2.24, 2.45) is 10.4 Å². The van der Waals surface area contributed by atoms with Crippen molar-refractivity contribution in [1.29, 1.82) is 0 Å². The molecule has 0 spiro atoms. The smallest absolute Gasteiger partial charge is 0.191 e. The molecule has 1 saturated carbocycles. The van der Waals surface area contributed by atoms with Gasteiger partial charge in [-0.1, -0.05) is 19.9 Å². The number of pyridine rings is 1.